The predicted octanol–water partition coefficient (Wildman–Crippen LogP) is -4.53. The molecule has 126 valence electrons. The summed E-state index contributed by atoms with van der Waals surface area (Å²) in [6, 6.07) is 0. The minimum atomic E-state index is -0.707. The Bertz CT molecular complexity index is 430. The van der Waals surface area contributed by atoms with Gasteiger partial charge in [0.25, 0.3) is 0 Å². The number of nitrogens with one attached hydrogen (secondary N) is 4. The number of amides is 5. The van der Waals surface area contributed by atoms with Crippen LogP contribution < -0.4 is 32.7 Å². The van der Waals surface area contributed by atoms with Gasteiger partial charge in [0, 0.05) is 0 Å². The molecule has 0 atom stereocenters. The first-order valence-electron chi connectivity index (χ1n) is 5.90. The van der Waals surface area contributed by atoms with Gasteiger partial charge in [0.15, 0.2) is 0 Å². The summed E-state index contributed by atoms with van der Waals surface area (Å²) >= 11 is 0. The van der Waals surface area contributed by atoms with Crippen LogP contribution in [0.1, 0.15) is 0 Å². The Balaban J connectivity index is 0. The van der Waals surface area contributed by atoms with E-state index in [2.05, 4.69) is 21.3 Å². The average molecular weight is 383 g/mol. The molecular weight excluding hydrogens is 364 g/mol. The lowest BCUT2D eigenvalue weighted by molar-refractivity contribution is -0.128. The number of carbonyl (C=O) groups is 5. The Morgan fingerprint density at radius 3 is 1.27 bits per heavy atom. The van der Waals surface area contributed by atoms with Crippen molar-refractivity contribution < 1.29 is 24.0 Å². The van der Waals surface area contributed by atoms with E-state index in [9.17, 15) is 24.0 Å². The van der Waals surface area contributed by atoms with E-state index in [-0.39, 0.29) is 49.7 Å². The van der Waals surface area contributed by atoms with Crippen molar-refractivity contribution in [2.75, 3.05) is 32.7 Å². The Hall–Kier alpha value is -2.21. The van der Waals surface area contributed by atoms with Crippen LogP contribution in [-0.2, 0) is 24.0 Å². The van der Waals surface area contributed by atoms with Crippen molar-refractivity contribution in [3.8, 4) is 0 Å². The molecule has 0 fully saturated rings. The summed E-state index contributed by atoms with van der Waals surface area (Å²) in [4.78, 5) is 54.8. The number of primary amides is 1. The molecule has 12 heteroatoms. The molecule has 0 aromatic heterocycles. The number of hydrogen-bond donors (Lipinski definition) is 6. The molecule has 0 bridgehead atoms. The Morgan fingerprint density at radius 1 is 0.636 bits per heavy atom. The second kappa shape index (κ2) is 12.5. The molecule has 5 amide bonds. The van der Waals surface area contributed by atoms with Gasteiger partial charge in [0.1, 0.15) is 0 Å². The van der Waals surface area contributed by atoms with Gasteiger partial charge in [-0.3, -0.25) is 24.0 Å². The lowest BCUT2D eigenvalue weighted by Crippen LogP contribution is -2.45. The molecule has 0 radical (unpaired) electrons. The van der Waals surface area contributed by atoms with Gasteiger partial charge in [-0.25, -0.2) is 0 Å². The zero-order valence-electron chi connectivity index (χ0n) is 11.6. The van der Waals surface area contributed by atoms with Crippen LogP contribution in [0, 0.1) is 0 Å². The highest BCUT2D eigenvalue weighted by atomic mass is 79.9. The fourth-order valence-electron chi connectivity index (χ4n) is 0.982. The summed E-state index contributed by atoms with van der Waals surface area (Å²) < 4.78 is 0. The van der Waals surface area contributed by atoms with Crippen molar-refractivity contribution in [1.82, 2.24) is 21.3 Å². The summed E-state index contributed by atoms with van der Waals surface area (Å²) in [5, 5.41) is 8.82. The Labute approximate surface area is 136 Å². The first-order chi connectivity index (χ1) is 9.85. The largest absolute Gasteiger partial charge is 0.368 e. The van der Waals surface area contributed by atoms with Crippen LogP contribution in [0.25, 0.3) is 0 Å². The molecule has 0 spiro atoms. The minimum absolute atomic E-state index is 0. The number of carbonyl (C=O) groups excluding carboxylic acids is 5. The van der Waals surface area contributed by atoms with Crippen LogP contribution in [0.3, 0.4) is 0 Å². The van der Waals surface area contributed by atoms with E-state index in [0.717, 1.165) is 0 Å². The highest BCUT2D eigenvalue weighted by Gasteiger charge is 2.08. The molecule has 0 saturated heterocycles. The molecule has 22 heavy (non-hydrogen) atoms. The SMILES string of the molecule is Br.NCC(=O)NCC(=O)NCC(=O)NCC(=O)NCC(N)=O. The van der Waals surface area contributed by atoms with Crippen molar-refractivity contribution >= 4 is 46.5 Å². The molecule has 0 aromatic carbocycles. The smallest absolute Gasteiger partial charge is 0.239 e. The zero-order valence-corrected chi connectivity index (χ0v) is 13.4. The molecule has 0 aromatic rings. The van der Waals surface area contributed by atoms with E-state index >= 15 is 0 Å². The maximum absolute atomic E-state index is 11.3. The summed E-state index contributed by atoms with van der Waals surface area (Å²) in [7, 11) is 0. The van der Waals surface area contributed by atoms with Gasteiger partial charge in [-0.05, 0) is 0 Å². The Kier molecular flexibility index (Phi) is 12.6. The lowest BCUT2D eigenvalue weighted by atomic mass is 10.4. The molecule has 0 unspecified atom stereocenters. The van der Waals surface area contributed by atoms with Gasteiger partial charge >= 0.3 is 0 Å². The topological polar surface area (TPSA) is 186 Å². The van der Waals surface area contributed by atoms with Crippen molar-refractivity contribution in [3.05, 3.63) is 0 Å². The molecule has 0 aliphatic carbocycles. The van der Waals surface area contributed by atoms with Crippen LogP contribution in [-0.4, -0.2) is 62.3 Å². The van der Waals surface area contributed by atoms with E-state index in [4.69, 9.17) is 11.5 Å². The lowest BCUT2D eigenvalue weighted by Gasteiger charge is -2.07. The van der Waals surface area contributed by atoms with Crippen molar-refractivity contribution in [2.45, 2.75) is 0 Å². The molecule has 0 saturated carbocycles. The fourth-order valence-corrected chi connectivity index (χ4v) is 0.982. The van der Waals surface area contributed by atoms with E-state index in [1.54, 1.807) is 0 Å². The molecule has 0 rings (SSSR count). The van der Waals surface area contributed by atoms with Crippen LogP contribution in [0.5, 0.6) is 0 Å². The normalized spacial score (nSPS) is 8.95. The summed E-state index contributed by atoms with van der Waals surface area (Å²) in [5.74, 6) is -2.99. The molecular formula is C10H19BrN6O5. The summed E-state index contributed by atoms with van der Waals surface area (Å²) in [6.45, 7) is -1.59. The third kappa shape index (κ3) is 12.8. The maximum atomic E-state index is 11.3. The second-order valence-electron chi connectivity index (χ2n) is 3.78. The van der Waals surface area contributed by atoms with Crippen LogP contribution in [0.2, 0.25) is 0 Å². The quantitative estimate of drug-likeness (QED) is 0.233. The molecule has 0 aliphatic heterocycles. The van der Waals surface area contributed by atoms with Crippen LogP contribution in [0.15, 0.2) is 0 Å². The number of halogens is 1. The van der Waals surface area contributed by atoms with Gasteiger partial charge in [0.2, 0.25) is 29.5 Å². The molecule has 0 heterocycles. The number of hydrogen-bond acceptors (Lipinski definition) is 6. The third-order valence-corrected chi connectivity index (χ3v) is 1.98. The predicted molar refractivity (Wildman–Crippen MR) is 80.6 cm³/mol. The van der Waals surface area contributed by atoms with Crippen LogP contribution in [0.4, 0.5) is 0 Å². The van der Waals surface area contributed by atoms with E-state index < -0.39 is 29.5 Å². The Morgan fingerprint density at radius 2 is 0.955 bits per heavy atom. The standard InChI is InChI=1S/C10H18N6O5.BrH/c11-1-7(18)14-3-9(20)16-5-10(21)15-4-8(19)13-2-6(12)17;/h1-5,11H2,(H2,12,17)(H,13,19)(H,14,18)(H,15,21)(H,16,20);1H. The fraction of sp³-hybridized carbons (Fsp3) is 0.500. The van der Waals surface area contributed by atoms with Gasteiger partial charge in [-0.15, -0.1) is 17.0 Å². The van der Waals surface area contributed by atoms with Gasteiger partial charge in [0.05, 0.1) is 32.7 Å². The van der Waals surface area contributed by atoms with E-state index in [0.29, 0.717) is 0 Å². The van der Waals surface area contributed by atoms with E-state index in [1.807, 2.05) is 0 Å². The highest BCUT2D eigenvalue weighted by molar-refractivity contribution is 8.93. The molecule has 0 aliphatic rings. The van der Waals surface area contributed by atoms with Crippen molar-refractivity contribution in [1.29, 1.82) is 0 Å². The monoisotopic (exact) mass is 382 g/mol. The summed E-state index contributed by atoms with van der Waals surface area (Å²) in [5.41, 5.74) is 9.83. The van der Waals surface area contributed by atoms with Crippen molar-refractivity contribution in [3.63, 3.8) is 0 Å². The molecule has 11 nitrogen and oxygen atoms in total. The highest BCUT2D eigenvalue weighted by Crippen LogP contribution is 1.70. The second-order valence-corrected chi connectivity index (χ2v) is 3.78. The van der Waals surface area contributed by atoms with Crippen molar-refractivity contribution in [2.24, 2.45) is 11.5 Å². The van der Waals surface area contributed by atoms with Gasteiger partial charge < -0.3 is 32.7 Å². The maximum Gasteiger partial charge on any atom is 0.239 e. The first kappa shape index (κ1) is 22.1. The third-order valence-electron chi connectivity index (χ3n) is 1.98. The first-order valence-corrected chi connectivity index (χ1v) is 5.90. The average Bonchev–Trinajstić information content (AvgIpc) is 2.45. The van der Waals surface area contributed by atoms with Crippen LogP contribution >= 0.6 is 17.0 Å². The minimum Gasteiger partial charge on any atom is -0.368 e. The summed E-state index contributed by atoms with van der Waals surface area (Å²) in [6.07, 6.45) is 0. The number of rotatable bonds is 9. The van der Waals surface area contributed by atoms with Gasteiger partial charge in [-0.2, -0.15) is 0 Å². The zero-order chi connectivity index (χ0) is 16.3. The molecule has 8 N–H and O–H groups in total. The van der Waals surface area contributed by atoms with E-state index in [1.165, 1.54) is 0 Å². The number of nitrogens with two attached hydrogens (primary N) is 2. The van der Waals surface area contributed by atoms with Gasteiger partial charge in [-0.1, -0.05) is 0 Å².